The molecule has 0 radical (unpaired) electrons. The third-order valence-electron chi connectivity index (χ3n) is 11.9. The molecule has 2 aromatic carbocycles. The number of ketones is 1. The number of benzene rings is 2. The van der Waals surface area contributed by atoms with Gasteiger partial charge in [-0.2, -0.15) is 0 Å². The largest absolute Gasteiger partial charge is 0.467 e. The topological polar surface area (TPSA) is 145 Å². The minimum atomic E-state index is -1.02. The van der Waals surface area contributed by atoms with Crippen molar-refractivity contribution in [3.05, 3.63) is 82.9 Å². The molecule has 2 saturated heterocycles. The van der Waals surface area contributed by atoms with Crippen LogP contribution in [0.3, 0.4) is 0 Å². The van der Waals surface area contributed by atoms with E-state index in [1.54, 1.807) is 73.5 Å². The molecule has 4 amide bonds. The number of piperidine rings is 1. The average molecular weight is 814 g/mol. The maximum atomic E-state index is 14.4. The smallest absolute Gasteiger partial charge is 0.328 e. The Morgan fingerprint density at radius 1 is 0.847 bits per heavy atom. The lowest BCUT2D eigenvalue weighted by molar-refractivity contribution is -0.146. The quantitative estimate of drug-likeness (QED) is 0.124. The summed E-state index contributed by atoms with van der Waals surface area (Å²) >= 11 is 0. The van der Waals surface area contributed by atoms with Gasteiger partial charge in [-0.3, -0.25) is 28.9 Å². The summed E-state index contributed by atoms with van der Waals surface area (Å²) in [4.78, 5) is 87.4. The fourth-order valence-electron chi connectivity index (χ4n) is 8.21. The molecular weight excluding hydrogens is 747 g/mol. The molecule has 322 valence electrons. The lowest BCUT2D eigenvalue weighted by atomic mass is 9.84. The Morgan fingerprint density at radius 2 is 1.46 bits per heavy atom. The van der Waals surface area contributed by atoms with Crippen molar-refractivity contribution in [2.75, 3.05) is 27.2 Å². The number of ether oxygens (including phenoxy) is 1. The van der Waals surface area contributed by atoms with Crippen molar-refractivity contribution in [1.29, 1.82) is 0 Å². The van der Waals surface area contributed by atoms with Crippen LogP contribution in [-0.4, -0.2) is 114 Å². The number of rotatable bonds is 16. The number of esters is 1. The van der Waals surface area contributed by atoms with Crippen molar-refractivity contribution in [3.63, 3.8) is 0 Å². The summed E-state index contributed by atoms with van der Waals surface area (Å²) in [7, 11) is 2.97. The Balaban J connectivity index is 1.46. The molecular formula is C47H67N5O7. The monoisotopic (exact) mass is 814 g/mol. The second-order valence-corrected chi connectivity index (χ2v) is 17.7. The number of nitrogens with one attached hydrogen (secondary N) is 2. The highest BCUT2D eigenvalue weighted by molar-refractivity contribution is 6.09. The molecule has 0 bridgehead atoms. The third kappa shape index (κ3) is 11.9. The Kier molecular flexibility index (Phi) is 16.6. The van der Waals surface area contributed by atoms with E-state index in [1.165, 1.54) is 12.0 Å². The van der Waals surface area contributed by atoms with Crippen LogP contribution in [0.4, 0.5) is 0 Å². The van der Waals surface area contributed by atoms with Crippen molar-refractivity contribution in [3.8, 4) is 0 Å². The van der Waals surface area contributed by atoms with Crippen molar-refractivity contribution >= 4 is 35.4 Å². The zero-order valence-corrected chi connectivity index (χ0v) is 36.9. The Bertz CT molecular complexity index is 1820. The van der Waals surface area contributed by atoms with Gasteiger partial charge in [0, 0.05) is 42.8 Å². The first-order valence-electron chi connectivity index (χ1n) is 21.3. The molecule has 1 unspecified atom stereocenters. The Hall–Kier alpha value is -4.84. The van der Waals surface area contributed by atoms with Gasteiger partial charge in [-0.25, -0.2) is 4.79 Å². The summed E-state index contributed by atoms with van der Waals surface area (Å²) in [5.74, 6) is -1.98. The van der Waals surface area contributed by atoms with Crippen LogP contribution in [0.1, 0.15) is 115 Å². The van der Waals surface area contributed by atoms with Crippen LogP contribution in [0.15, 0.2) is 66.2 Å². The highest BCUT2D eigenvalue weighted by Crippen LogP contribution is 2.27. The van der Waals surface area contributed by atoms with Gasteiger partial charge in [0.25, 0.3) is 0 Å². The van der Waals surface area contributed by atoms with Gasteiger partial charge >= 0.3 is 5.97 Å². The van der Waals surface area contributed by atoms with E-state index in [9.17, 15) is 28.8 Å². The van der Waals surface area contributed by atoms with Crippen LogP contribution in [-0.2, 0) is 35.1 Å². The first-order chi connectivity index (χ1) is 27.9. The molecule has 2 aliphatic heterocycles. The number of carbonyl (C=O) groups is 6. The summed E-state index contributed by atoms with van der Waals surface area (Å²) in [5.41, 5.74) is 1.59. The van der Waals surface area contributed by atoms with Gasteiger partial charge < -0.3 is 25.2 Å². The van der Waals surface area contributed by atoms with E-state index in [-0.39, 0.29) is 47.9 Å². The van der Waals surface area contributed by atoms with E-state index in [4.69, 9.17) is 4.74 Å². The molecule has 2 fully saturated rings. The van der Waals surface area contributed by atoms with E-state index in [1.807, 2.05) is 40.7 Å². The number of hydrogen-bond acceptors (Lipinski definition) is 8. The highest BCUT2D eigenvalue weighted by Gasteiger charge is 2.41. The van der Waals surface area contributed by atoms with Crippen LogP contribution in [0.5, 0.6) is 0 Å². The average Bonchev–Trinajstić information content (AvgIpc) is 3.73. The van der Waals surface area contributed by atoms with Gasteiger partial charge in [0.1, 0.15) is 18.1 Å². The van der Waals surface area contributed by atoms with Crippen molar-refractivity contribution < 1.29 is 33.5 Å². The normalized spacial score (nSPS) is 19.6. The van der Waals surface area contributed by atoms with Crippen molar-refractivity contribution in [2.45, 2.75) is 137 Å². The number of nitrogens with zero attached hydrogens (tertiary/aromatic N) is 3. The summed E-state index contributed by atoms with van der Waals surface area (Å²) in [5, 5.41) is 5.98. The molecule has 59 heavy (non-hydrogen) atoms. The Morgan fingerprint density at radius 3 is 2.05 bits per heavy atom. The van der Waals surface area contributed by atoms with Crippen LogP contribution in [0.25, 0.3) is 0 Å². The van der Waals surface area contributed by atoms with Crippen LogP contribution < -0.4 is 10.6 Å². The predicted molar refractivity (Wildman–Crippen MR) is 229 cm³/mol. The van der Waals surface area contributed by atoms with Crippen LogP contribution in [0, 0.1) is 11.3 Å². The second kappa shape index (κ2) is 20.9. The molecule has 0 aliphatic carbocycles. The van der Waals surface area contributed by atoms with Crippen LogP contribution in [0.2, 0.25) is 0 Å². The molecule has 0 spiro atoms. The van der Waals surface area contributed by atoms with Gasteiger partial charge in [0.15, 0.2) is 5.78 Å². The lowest BCUT2D eigenvalue weighted by Crippen LogP contribution is -2.60. The number of likely N-dealkylation sites (N-methyl/N-ethyl adjacent to an activating group) is 1. The molecule has 2 aliphatic rings. The molecule has 2 heterocycles. The van der Waals surface area contributed by atoms with Gasteiger partial charge in [-0.05, 0) is 69.4 Å². The maximum absolute atomic E-state index is 14.4. The number of likely N-dealkylation sites (tertiary alicyclic amines) is 2. The minimum Gasteiger partial charge on any atom is -0.467 e. The summed E-state index contributed by atoms with van der Waals surface area (Å²) in [6.07, 6.45) is 6.63. The van der Waals surface area contributed by atoms with E-state index < -0.39 is 41.5 Å². The first kappa shape index (κ1) is 46.8. The number of methoxy groups -OCH3 is 1. The molecule has 2 N–H and O–H groups in total. The zero-order valence-electron chi connectivity index (χ0n) is 36.9. The molecule has 12 heteroatoms. The fourth-order valence-corrected chi connectivity index (χ4v) is 8.21. The van der Waals surface area contributed by atoms with E-state index >= 15 is 0 Å². The fraction of sp³-hybridized carbons (Fsp3) is 0.574. The van der Waals surface area contributed by atoms with Gasteiger partial charge in [0.05, 0.1) is 19.2 Å². The molecule has 4 rings (SSSR count). The number of carbonyl (C=O) groups excluding carboxylic acids is 6. The van der Waals surface area contributed by atoms with Crippen molar-refractivity contribution in [2.24, 2.45) is 11.3 Å². The minimum absolute atomic E-state index is 0.0775. The number of hydrogen-bond donors (Lipinski definition) is 2. The predicted octanol–water partition coefficient (Wildman–Crippen LogP) is 5.72. The standard InChI is InChI=1S/C47H67N5O7/c1-11-32(5)51-26-16-15-20-37(51)43(55)49-41(47(6,7)8)45(57)50(9)39(30(2)3)28-31(4)44(56)52-27-17-21-38(52)42(54)48-36(46(58)59-10)29-33-22-24-35(25-23-33)40(53)34-18-13-12-14-19-34/h12-14,18-19,22-25,28,30,32,36-39,41H,11,15-17,20-21,26-27,29H2,1-10H3,(H,48,54)(H,49,55)/t32?,36-,37+,38-,39+,41+/m0/s1. The summed E-state index contributed by atoms with van der Waals surface area (Å²) in [6.45, 7) is 17.0. The summed E-state index contributed by atoms with van der Waals surface area (Å²) < 4.78 is 5.04. The third-order valence-corrected chi connectivity index (χ3v) is 11.9. The van der Waals surface area contributed by atoms with Crippen molar-refractivity contribution in [1.82, 2.24) is 25.3 Å². The second-order valence-electron chi connectivity index (χ2n) is 17.7. The highest BCUT2D eigenvalue weighted by atomic mass is 16.5. The van der Waals surface area contributed by atoms with Gasteiger partial charge in [-0.1, -0.05) is 109 Å². The number of amides is 4. The molecule has 12 nitrogen and oxygen atoms in total. The van der Waals surface area contributed by atoms with E-state index in [2.05, 4.69) is 29.4 Å². The van der Waals surface area contributed by atoms with Gasteiger partial charge in [-0.15, -0.1) is 0 Å². The molecule has 6 atom stereocenters. The van der Waals surface area contributed by atoms with Crippen LogP contribution >= 0.6 is 0 Å². The first-order valence-corrected chi connectivity index (χ1v) is 21.3. The SMILES string of the molecule is CCC(C)N1CCCC[C@@H]1C(=O)N[C@H](C(=O)N(C)[C@H](C=C(C)C(=O)N1CCC[C@H]1C(=O)N[C@@H](Cc1ccc(C(=O)c2ccccc2)cc1)C(=O)OC)C(C)C)C(C)(C)C. The maximum Gasteiger partial charge on any atom is 0.328 e. The van der Waals surface area contributed by atoms with Gasteiger partial charge in [0.2, 0.25) is 23.6 Å². The molecule has 0 aromatic heterocycles. The summed E-state index contributed by atoms with van der Waals surface area (Å²) in [6, 6.07) is 12.7. The zero-order chi connectivity index (χ0) is 43.6. The Labute approximate surface area is 351 Å². The lowest BCUT2D eigenvalue weighted by Gasteiger charge is -2.41. The van der Waals surface area contributed by atoms with E-state index in [0.29, 0.717) is 36.1 Å². The van der Waals surface area contributed by atoms with E-state index in [0.717, 1.165) is 37.8 Å². The molecule has 0 saturated carbocycles. The molecule has 2 aromatic rings.